The number of likely N-dealkylation sites (N-methyl/N-ethyl adjacent to an activating group) is 1. The van der Waals surface area contributed by atoms with Gasteiger partial charge in [-0.2, -0.15) is 0 Å². The second-order valence-corrected chi connectivity index (χ2v) is 5.40. The van der Waals surface area contributed by atoms with Crippen LogP contribution in [0.15, 0.2) is 42.5 Å². The van der Waals surface area contributed by atoms with E-state index in [-0.39, 0.29) is 0 Å². The van der Waals surface area contributed by atoms with Crippen LogP contribution in [0.3, 0.4) is 0 Å². The minimum absolute atomic E-state index is 0.731. The number of fused-ring (bicyclic) bond motifs is 1. The Morgan fingerprint density at radius 1 is 1.10 bits per heavy atom. The zero-order chi connectivity index (χ0) is 14.8. The first kappa shape index (κ1) is 13.6. The van der Waals surface area contributed by atoms with E-state index < -0.39 is 0 Å². The second kappa shape index (κ2) is 5.56. The largest absolute Gasteiger partial charge is 0.496 e. The van der Waals surface area contributed by atoms with Gasteiger partial charge in [0, 0.05) is 44.0 Å². The topological polar surface area (TPSA) is 41.7 Å². The number of ether oxygens (including phenoxy) is 1. The summed E-state index contributed by atoms with van der Waals surface area (Å²) in [6.45, 7) is 2.85. The fourth-order valence-electron chi connectivity index (χ4n) is 2.83. The molecule has 0 fully saturated rings. The van der Waals surface area contributed by atoms with Crippen LogP contribution < -0.4 is 20.3 Å². The number of para-hydroxylation sites is 2. The first-order valence-electron chi connectivity index (χ1n) is 7.16. The lowest BCUT2D eigenvalue weighted by atomic mass is 10.1. The van der Waals surface area contributed by atoms with Crippen LogP contribution >= 0.6 is 0 Å². The molecule has 0 atom stereocenters. The van der Waals surface area contributed by atoms with Crippen molar-refractivity contribution in [1.82, 2.24) is 0 Å². The Morgan fingerprint density at radius 2 is 1.86 bits per heavy atom. The molecule has 1 aliphatic rings. The van der Waals surface area contributed by atoms with Crippen molar-refractivity contribution < 1.29 is 4.74 Å². The number of nitrogens with two attached hydrogens (primary N) is 1. The Balaban J connectivity index is 1.91. The highest BCUT2D eigenvalue weighted by Crippen LogP contribution is 2.34. The van der Waals surface area contributed by atoms with Crippen LogP contribution in [0.25, 0.3) is 0 Å². The average molecular weight is 283 g/mol. The summed E-state index contributed by atoms with van der Waals surface area (Å²) in [4.78, 5) is 4.69. The van der Waals surface area contributed by atoms with Gasteiger partial charge in [-0.05, 0) is 18.2 Å². The highest BCUT2D eigenvalue weighted by molar-refractivity contribution is 5.73. The molecular formula is C17H21N3O. The molecule has 21 heavy (non-hydrogen) atoms. The maximum atomic E-state index is 5.83. The quantitative estimate of drug-likeness (QED) is 0.880. The molecule has 2 N–H and O–H groups in total. The molecule has 1 aliphatic heterocycles. The number of benzene rings is 2. The van der Waals surface area contributed by atoms with Gasteiger partial charge < -0.3 is 20.3 Å². The monoisotopic (exact) mass is 283 g/mol. The maximum absolute atomic E-state index is 5.83. The summed E-state index contributed by atoms with van der Waals surface area (Å²) in [6.07, 6.45) is 0. The number of anilines is 3. The second-order valence-electron chi connectivity index (χ2n) is 5.40. The van der Waals surface area contributed by atoms with Gasteiger partial charge in [0.15, 0.2) is 0 Å². The van der Waals surface area contributed by atoms with E-state index in [1.165, 1.54) is 11.4 Å². The molecule has 0 aromatic heterocycles. The van der Waals surface area contributed by atoms with Gasteiger partial charge >= 0.3 is 0 Å². The standard InChI is InChI=1S/C17H21N3O/c1-19-9-10-20(16-6-4-3-5-15(16)19)12-13-7-8-14(18)11-17(13)21-2/h3-8,11H,9-10,12,18H2,1-2H3. The summed E-state index contributed by atoms with van der Waals surface area (Å²) in [5.41, 5.74) is 10.3. The van der Waals surface area contributed by atoms with Gasteiger partial charge in [-0.25, -0.2) is 0 Å². The molecule has 0 unspecified atom stereocenters. The number of nitrogen functional groups attached to an aromatic ring is 1. The van der Waals surface area contributed by atoms with E-state index in [0.29, 0.717) is 0 Å². The van der Waals surface area contributed by atoms with E-state index >= 15 is 0 Å². The van der Waals surface area contributed by atoms with Crippen molar-refractivity contribution in [2.45, 2.75) is 6.54 Å². The highest BCUT2D eigenvalue weighted by Gasteiger charge is 2.20. The van der Waals surface area contributed by atoms with Crippen LogP contribution in [0.4, 0.5) is 17.1 Å². The molecule has 0 amide bonds. The molecule has 4 heteroatoms. The molecule has 2 aromatic rings. The number of hydrogen-bond donors (Lipinski definition) is 1. The lowest BCUT2D eigenvalue weighted by Crippen LogP contribution is -2.38. The summed E-state index contributed by atoms with van der Waals surface area (Å²) in [6, 6.07) is 14.4. The van der Waals surface area contributed by atoms with Crippen LogP contribution in [0.1, 0.15) is 5.56 Å². The van der Waals surface area contributed by atoms with Crippen molar-refractivity contribution in [3.8, 4) is 5.75 Å². The number of methoxy groups -OCH3 is 1. The Hall–Kier alpha value is -2.36. The van der Waals surface area contributed by atoms with E-state index in [1.54, 1.807) is 7.11 Å². The van der Waals surface area contributed by atoms with E-state index in [4.69, 9.17) is 10.5 Å². The summed E-state index contributed by atoms with van der Waals surface area (Å²) >= 11 is 0. The highest BCUT2D eigenvalue weighted by atomic mass is 16.5. The summed E-state index contributed by atoms with van der Waals surface area (Å²) < 4.78 is 5.46. The van der Waals surface area contributed by atoms with Crippen molar-refractivity contribution in [2.75, 3.05) is 42.8 Å². The molecule has 4 nitrogen and oxygen atoms in total. The van der Waals surface area contributed by atoms with Crippen LogP contribution in [0.5, 0.6) is 5.75 Å². The molecule has 3 rings (SSSR count). The van der Waals surface area contributed by atoms with Crippen LogP contribution in [0, 0.1) is 0 Å². The molecule has 0 radical (unpaired) electrons. The maximum Gasteiger partial charge on any atom is 0.125 e. The fourth-order valence-corrected chi connectivity index (χ4v) is 2.83. The first-order valence-corrected chi connectivity index (χ1v) is 7.16. The molecule has 0 saturated heterocycles. The fraction of sp³-hybridized carbons (Fsp3) is 0.294. The average Bonchev–Trinajstić information content (AvgIpc) is 2.52. The van der Waals surface area contributed by atoms with Crippen molar-refractivity contribution in [3.63, 3.8) is 0 Å². The molecule has 0 spiro atoms. The number of rotatable bonds is 3. The third-order valence-electron chi connectivity index (χ3n) is 4.01. The van der Waals surface area contributed by atoms with E-state index in [0.717, 1.165) is 36.6 Å². The molecule has 0 bridgehead atoms. The lowest BCUT2D eigenvalue weighted by Gasteiger charge is -2.37. The Labute approximate surface area is 125 Å². The molecule has 1 heterocycles. The molecule has 0 aliphatic carbocycles. The zero-order valence-electron chi connectivity index (χ0n) is 12.5. The lowest BCUT2D eigenvalue weighted by molar-refractivity contribution is 0.409. The van der Waals surface area contributed by atoms with Gasteiger partial charge in [-0.3, -0.25) is 0 Å². The molecule has 2 aromatic carbocycles. The summed E-state index contributed by atoms with van der Waals surface area (Å²) in [5.74, 6) is 0.853. The minimum atomic E-state index is 0.731. The van der Waals surface area contributed by atoms with Crippen LogP contribution in [-0.4, -0.2) is 27.2 Å². The Kier molecular flexibility index (Phi) is 3.60. The van der Waals surface area contributed by atoms with Crippen LogP contribution in [0.2, 0.25) is 0 Å². The smallest absolute Gasteiger partial charge is 0.125 e. The van der Waals surface area contributed by atoms with Gasteiger partial charge in [0.25, 0.3) is 0 Å². The van der Waals surface area contributed by atoms with Crippen LogP contribution in [-0.2, 0) is 6.54 Å². The van der Waals surface area contributed by atoms with Crippen molar-refractivity contribution in [1.29, 1.82) is 0 Å². The van der Waals surface area contributed by atoms with E-state index in [2.05, 4.69) is 47.2 Å². The molecular weight excluding hydrogens is 262 g/mol. The predicted octanol–water partition coefficient (Wildman–Crippen LogP) is 2.73. The minimum Gasteiger partial charge on any atom is -0.496 e. The first-order chi connectivity index (χ1) is 10.2. The zero-order valence-corrected chi connectivity index (χ0v) is 12.5. The third-order valence-corrected chi connectivity index (χ3v) is 4.01. The number of hydrogen-bond acceptors (Lipinski definition) is 4. The van der Waals surface area contributed by atoms with Gasteiger partial charge in [-0.1, -0.05) is 18.2 Å². The van der Waals surface area contributed by atoms with Crippen molar-refractivity contribution in [3.05, 3.63) is 48.0 Å². The molecule has 0 saturated carbocycles. The Morgan fingerprint density at radius 3 is 2.62 bits per heavy atom. The van der Waals surface area contributed by atoms with Crippen molar-refractivity contribution >= 4 is 17.1 Å². The van der Waals surface area contributed by atoms with Gasteiger partial charge in [0.1, 0.15) is 5.75 Å². The SMILES string of the molecule is COc1cc(N)ccc1CN1CCN(C)c2ccccc21. The predicted molar refractivity (Wildman–Crippen MR) is 88.2 cm³/mol. The van der Waals surface area contributed by atoms with Crippen molar-refractivity contribution in [2.24, 2.45) is 0 Å². The Bertz CT molecular complexity index is 642. The molecule has 110 valence electrons. The summed E-state index contributed by atoms with van der Waals surface area (Å²) in [5, 5.41) is 0. The summed E-state index contributed by atoms with van der Waals surface area (Å²) in [7, 11) is 3.83. The normalized spacial score (nSPS) is 14.0. The number of nitrogens with zero attached hydrogens (tertiary/aromatic N) is 2. The van der Waals surface area contributed by atoms with Gasteiger partial charge in [0.2, 0.25) is 0 Å². The third kappa shape index (κ3) is 2.61. The van der Waals surface area contributed by atoms with Gasteiger partial charge in [0.05, 0.1) is 18.5 Å². The van der Waals surface area contributed by atoms with Gasteiger partial charge in [-0.15, -0.1) is 0 Å². The van der Waals surface area contributed by atoms with E-state index in [9.17, 15) is 0 Å². The van der Waals surface area contributed by atoms with E-state index in [1.807, 2.05) is 12.1 Å².